The van der Waals surface area contributed by atoms with E-state index in [4.69, 9.17) is 0 Å². The Balaban J connectivity index is 0.000000346. The van der Waals surface area contributed by atoms with Crippen molar-refractivity contribution in [2.24, 2.45) is 23.7 Å². The molecule has 2 heteroatoms. The third-order valence-corrected chi connectivity index (χ3v) is 20.9. The third kappa shape index (κ3) is 40.7. The summed E-state index contributed by atoms with van der Waals surface area (Å²) in [5.74, 6) is 6.39. The van der Waals surface area contributed by atoms with Crippen LogP contribution in [0.1, 0.15) is 266 Å². The van der Waals surface area contributed by atoms with Crippen LogP contribution in [0.4, 0.5) is 0 Å². The second-order valence-corrected chi connectivity index (χ2v) is 33.4. The van der Waals surface area contributed by atoms with Gasteiger partial charge in [-0.05, 0) is 157 Å². The van der Waals surface area contributed by atoms with Gasteiger partial charge in [0.25, 0.3) is 0 Å². The number of benzene rings is 13. The second-order valence-electron chi connectivity index (χ2n) is 33.4. The van der Waals surface area contributed by atoms with Gasteiger partial charge >= 0.3 is 0 Å². The molecule has 14 aromatic rings. The number of aryl methyl sites for hydroxylation is 2. The van der Waals surface area contributed by atoms with Crippen LogP contribution in [0.25, 0.3) is 21.9 Å². The first-order chi connectivity index (χ1) is 58.0. The second kappa shape index (κ2) is 62.4. The fourth-order valence-electron chi connectivity index (χ4n) is 14.3. The molecule has 1 atom stereocenters. The van der Waals surface area contributed by atoms with E-state index >= 15 is 0 Å². The number of pyridine rings is 1. The zero-order chi connectivity index (χ0) is 87.7. The van der Waals surface area contributed by atoms with Crippen molar-refractivity contribution in [2.75, 3.05) is 0 Å². The van der Waals surface area contributed by atoms with Gasteiger partial charge in [0.05, 0.1) is 0 Å². The van der Waals surface area contributed by atoms with Crippen molar-refractivity contribution >= 4 is 10.8 Å². The van der Waals surface area contributed by atoms with Crippen LogP contribution < -0.4 is 0 Å². The Morgan fingerprint density at radius 2 is 0.678 bits per heavy atom. The first-order valence-electron chi connectivity index (χ1n) is 44.6. The number of aromatic nitrogens is 1. The molecule has 0 amide bonds. The molecular weight excluding hydrogens is 1530 g/mol. The minimum atomic E-state index is 0. The van der Waals surface area contributed by atoms with E-state index in [-0.39, 0.29) is 32.7 Å². The van der Waals surface area contributed by atoms with Crippen LogP contribution in [-0.4, -0.2) is 4.98 Å². The fraction of sp³-hybridized carbons (Fsp3) is 0.311. The van der Waals surface area contributed by atoms with Crippen LogP contribution in [0.15, 0.2) is 389 Å². The number of fused-ring (bicyclic) bond motifs is 4. The Hall–Kier alpha value is -9.76. The first kappa shape index (κ1) is 105. The molecule has 2 aliphatic carbocycles. The van der Waals surface area contributed by atoms with E-state index in [0.717, 1.165) is 23.8 Å². The van der Waals surface area contributed by atoms with Crippen LogP contribution in [0.5, 0.6) is 0 Å². The average molecular weight is 1680 g/mol. The quantitative estimate of drug-likeness (QED) is 0.118. The van der Waals surface area contributed by atoms with Gasteiger partial charge in [0, 0.05) is 51.0 Å². The third-order valence-electron chi connectivity index (χ3n) is 20.9. The minimum absolute atomic E-state index is 0. The van der Waals surface area contributed by atoms with E-state index in [9.17, 15) is 0 Å². The van der Waals surface area contributed by atoms with Gasteiger partial charge in [0.2, 0.25) is 0 Å². The first-order valence-corrected chi connectivity index (χ1v) is 44.6. The average Bonchev–Trinajstić information content (AvgIpc) is 1.61. The Bertz CT molecular complexity index is 4430. The van der Waals surface area contributed by atoms with E-state index in [1.807, 2.05) is 98.8 Å². The summed E-state index contributed by atoms with van der Waals surface area (Å²) in [6.07, 6.45) is 10.2. The van der Waals surface area contributed by atoms with Gasteiger partial charge in [-0.3, -0.25) is 4.98 Å². The van der Waals surface area contributed by atoms with Gasteiger partial charge < -0.3 is 0 Å². The van der Waals surface area contributed by atoms with Crippen LogP contribution in [0, 0.1) is 43.6 Å². The Labute approximate surface area is 763 Å². The van der Waals surface area contributed by atoms with E-state index in [0.29, 0.717) is 52.8 Å². The summed E-state index contributed by atoms with van der Waals surface area (Å²) in [7, 11) is 0. The van der Waals surface area contributed by atoms with E-state index in [2.05, 4.69) is 441 Å². The molecule has 1 aromatic heterocycles. The monoisotopic (exact) mass is 1680 g/mol. The maximum Gasteiger partial charge on any atom is 0.0267 e. The van der Waals surface area contributed by atoms with Crippen molar-refractivity contribution < 1.29 is 32.7 Å². The molecule has 13 aromatic carbocycles. The maximum absolute atomic E-state index is 4.14. The molecule has 1 heterocycles. The fourth-order valence-corrected chi connectivity index (χ4v) is 14.3. The summed E-state index contributed by atoms with van der Waals surface area (Å²) < 4.78 is 0. The van der Waals surface area contributed by atoms with Gasteiger partial charge in [-0.1, -0.05) is 484 Å². The normalized spacial score (nSPS) is 11.6. The molecule has 16 rings (SSSR count). The zero-order valence-electron chi connectivity index (χ0n) is 78.0. The molecule has 121 heavy (non-hydrogen) atoms. The summed E-state index contributed by atoms with van der Waals surface area (Å²) in [4.78, 5) is 3.78. The zero-order valence-corrected chi connectivity index (χ0v) is 80.8. The van der Waals surface area contributed by atoms with Gasteiger partial charge in [0.1, 0.15) is 0 Å². The standard InChI is InChI=1S/C17H18.C16H16.C14H20.C10H8.4C9H12.C8H10.C7H8.C5H5N.C4H10.C2H6.Y/c1-13(2)17(15-10-5-4-6-11-15)16-12-8-7-9-14(16)3;1-11(2)16-14-9-5-3-7-12(14)13-8-4-6-10-15(13)16;1-12(2)14(10-6-7-11-14)13-8-4-3-5-9-13;1-2-6-10-8-4-3-7-9(10)5-1;4*1-8(2)9-6-4-3-5-7-9;1-2-8-6-4-3-5-7-8;1-7-5-3-2-4-6-7;1-2-4-6-5-3-1;1-4(2)3;1-2;/h4-10,12-13,17H,3H2,1-2H3;3-11,16H,1-2H3;3-5,8-9,12H,6-7,10-11H2,1-2H3;1-8H;4*3-8H,1-2H3;3-7H,2H2,1H3;2-6H,1H3;1-5H;4H,1-3H3;1-2H3;/q-2;;;;;;;;;;;;;. The number of nitrogens with zero attached hydrogens (tertiary/aromatic N) is 1. The Kier molecular flexibility index (Phi) is 54.3. The molecule has 2 aliphatic rings. The molecule has 635 valence electrons. The summed E-state index contributed by atoms with van der Waals surface area (Å²) in [6, 6.07) is 134. The van der Waals surface area contributed by atoms with Gasteiger partial charge in [-0.2, -0.15) is 54.4 Å². The number of hydrogen-bond acceptors (Lipinski definition) is 1. The maximum atomic E-state index is 4.14. The molecule has 1 unspecified atom stereocenters. The topological polar surface area (TPSA) is 12.9 Å². The SMILES string of the molecule is CC.CC(C)C.CC(C)C1(c2ccccc2)CCCC1.CC(C)C1c2ccccc2-c2ccccc21.CC(C)c1ccccc1.CC(C)c1ccccc1.CC(C)c1ccccc1.CC(C)c1ccccc1.CCc1ccccc1.Cc1ccccc1.[CH2-]c1ccccc1C(c1[c-]cccc1)C(C)C.[Y].c1ccc2ccccc2c1.c1ccncc1. The largest absolute Gasteiger partial charge is 0.265 e. The minimum Gasteiger partial charge on any atom is -0.265 e. The van der Waals surface area contributed by atoms with Gasteiger partial charge in [0.15, 0.2) is 0 Å². The molecule has 1 radical (unpaired) electrons. The molecule has 1 saturated carbocycles. The van der Waals surface area contributed by atoms with Crippen LogP contribution in [0.3, 0.4) is 0 Å². The molecule has 0 saturated heterocycles. The van der Waals surface area contributed by atoms with Crippen molar-refractivity contribution in [3.63, 3.8) is 0 Å². The summed E-state index contributed by atoms with van der Waals surface area (Å²) in [5, 5.41) is 2.62. The van der Waals surface area contributed by atoms with Crippen molar-refractivity contribution in [2.45, 2.75) is 218 Å². The summed E-state index contributed by atoms with van der Waals surface area (Å²) in [5.41, 5.74) is 20.0. The molecule has 1 fully saturated rings. The molecule has 0 spiro atoms. The number of rotatable bonds is 11. The van der Waals surface area contributed by atoms with E-state index in [1.54, 1.807) is 18.0 Å². The molecular formula is C119H149NY-2. The molecule has 1 nitrogen and oxygen atoms in total. The Morgan fingerprint density at radius 1 is 0.364 bits per heavy atom. The predicted octanol–water partition coefficient (Wildman–Crippen LogP) is 35.2. The van der Waals surface area contributed by atoms with Crippen molar-refractivity contribution in [1.29, 1.82) is 0 Å². The Morgan fingerprint density at radius 3 is 0.950 bits per heavy atom. The van der Waals surface area contributed by atoms with Crippen molar-refractivity contribution in [3.8, 4) is 11.1 Å². The summed E-state index contributed by atoms with van der Waals surface area (Å²) >= 11 is 0. The number of hydrogen-bond donors (Lipinski definition) is 0. The van der Waals surface area contributed by atoms with Gasteiger partial charge in [-0.25, -0.2) is 0 Å². The van der Waals surface area contributed by atoms with E-state index in [1.165, 1.54) is 103 Å². The summed E-state index contributed by atoms with van der Waals surface area (Å²) in [6.45, 7) is 50.4. The van der Waals surface area contributed by atoms with Gasteiger partial charge in [-0.15, -0.1) is 17.7 Å². The smallest absolute Gasteiger partial charge is 0.0267 e. The predicted molar refractivity (Wildman–Crippen MR) is 532 cm³/mol. The van der Waals surface area contributed by atoms with Crippen molar-refractivity contribution in [3.05, 3.63) is 468 Å². The molecule has 0 aliphatic heterocycles. The van der Waals surface area contributed by atoms with Crippen LogP contribution in [-0.2, 0) is 44.5 Å². The molecule has 0 N–H and O–H groups in total. The van der Waals surface area contributed by atoms with Crippen LogP contribution >= 0.6 is 0 Å². The molecule has 0 bridgehead atoms. The van der Waals surface area contributed by atoms with E-state index < -0.39 is 0 Å². The van der Waals surface area contributed by atoms with Crippen molar-refractivity contribution in [1.82, 2.24) is 4.98 Å². The van der Waals surface area contributed by atoms with Crippen LogP contribution in [0.2, 0.25) is 0 Å².